The van der Waals surface area contributed by atoms with Crippen molar-refractivity contribution in [3.8, 4) is 5.75 Å². The van der Waals surface area contributed by atoms with Crippen LogP contribution in [0, 0.1) is 0 Å². The van der Waals surface area contributed by atoms with E-state index < -0.39 is 0 Å². The average molecular weight is 384 g/mol. The van der Waals surface area contributed by atoms with Gasteiger partial charge in [0.2, 0.25) is 5.95 Å². The number of anilines is 1. The number of rotatable bonds is 6. The second-order valence-electron chi connectivity index (χ2n) is 8.02. The van der Waals surface area contributed by atoms with E-state index in [9.17, 15) is 4.79 Å². The lowest BCUT2D eigenvalue weighted by atomic mass is 10.1. The third kappa shape index (κ3) is 4.01. The SMILES string of the molecule is COc1cccc([C@@H](CNc2nc3c(cnn3C(C)(C)C)c(=O)[nH]2)N(C)C)c1. The molecule has 0 aliphatic heterocycles. The number of benzene rings is 1. The second kappa shape index (κ2) is 7.63. The minimum atomic E-state index is -0.271. The van der Waals surface area contributed by atoms with E-state index in [2.05, 4.69) is 31.3 Å². The van der Waals surface area contributed by atoms with Crippen molar-refractivity contribution >= 4 is 17.0 Å². The molecule has 0 aliphatic rings. The molecule has 3 rings (SSSR count). The van der Waals surface area contributed by atoms with Crippen LogP contribution in [0.25, 0.3) is 11.0 Å². The Morgan fingerprint density at radius 3 is 2.71 bits per heavy atom. The van der Waals surface area contributed by atoms with Gasteiger partial charge in [-0.15, -0.1) is 0 Å². The number of fused-ring (bicyclic) bond motifs is 1. The van der Waals surface area contributed by atoms with Crippen LogP contribution in [0.1, 0.15) is 32.4 Å². The molecule has 1 aromatic carbocycles. The van der Waals surface area contributed by atoms with Crippen LogP contribution in [-0.2, 0) is 5.54 Å². The minimum absolute atomic E-state index is 0.0728. The van der Waals surface area contributed by atoms with Crippen LogP contribution in [0.4, 0.5) is 5.95 Å². The van der Waals surface area contributed by atoms with Gasteiger partial charge in [-0.1, -0.05) is 12.1 Å². The number of nitrogens with one attached hydrogen (secondary N) is 2. The summed E-state index contributed by atoms with van der Waals surface area (Å²) in [5.41, 5.74) is 1.21. The lowest BCUT2D eigenvalue weighted by Gasteiger charge is -2.25. The van der Waals surface area contributed by atoms with Crippen molar-refractivity contribution < 1.29 is 4.74 Å². The van der Waals surface area contributed by atoms with E-state index in [4.69, 9.17) is 4.74 Å². The fourth-order valence-corrected chi connectivity index (χ4v) is 3.13. The van der Waals surface area contributed by atoms with Crippen LogP contribution in [-0.4, -0.2) is 52.4 Å². The summed E-state index contributed by atoms with van der Waals surface area (Å²) < 4.78 is 7.11. The number of hydrogen-bond acceptors (Lipinski definition) is 6. The zero-order valence-electron chi connectivity index (χ0n) is 17.3. The molecule has 0 amide bonds. The number of H-pyrrole nitrogens is 1. The summed E-state index contributed by atoms with van der Waals surface area (Å²) in [6, 6.07) is 8.04. The van der Waals surface area contributed by atoms with Crippen LogP contribution < -0.4 is 15.6 Å². The van der Waals surface area contributed by atoms with Gasteiger partial charge in [0.25, 0.3) is 5.56 Å². The molecule has 28 heavy (non-hydrogen) atoms. The molecule has 0 bridgehead atoms. The molecule has 2 heterocycles. The third-order valence-corrected chi connectivity index (χ3v) is 4.64. The minimum Gasteiger partial charge on any atom is -0.497 e. The van der Waals surface area contributed by atoms with Gasteiger partial charge in [-0.3, -0.25) is 9.78 Å². The standard InChI is InChI=1S/C20H28N6O2/c1-20(2,3)26-17-15(11-22-26)18(27)24-19(23-17)21-12-16(25(4)5)13-8-7-9-14(10-13)28-6/h7-11,16H,12H2,1-6H3,(H2,21,23,24,27)/t16-/m1/s1. The topological polar surface area (TPSA) is 88.1 Å². The first-order valence-corrected chi connectivity index (χ1v) is 9.23. The van der Waals surface area contributed by atoms with Gasteiger partial charge < -0.3 is 15.0 Å². The summed E-state index contributed by atoms with van der Waals surface area (Å²) >= 11 is 0. The highest BCUT2D eigenvalue weighted by Gasteiger charge is 2.20. The summed E-state index contributed by atoms with van der Waals surface area (Å²) in [5.74, 6) is 1.24. The molecular weight excluding hydrogens is 356 g/mol. The van der Waals surface area contributed by atoms with Gasteiger partial charge in [0.15, 0.2) is 5.65 Å². The highest BCUT2D eigenvalue weighted by atomic mass is 16.5. The van der Waals surface area contributed by atoms with Crippen LogP contribution in [0.3, 0.4) is 0 Å². The number of aromatic nitrogens is 4. The quantitative estimate of drug-likeness (QED) is 0.679. The van der Waals surface area contributed by atoms with Gasteiger partial charge in [-0.05, 0) is 52.6 Å². The summed E-state index contributed by atoms with van der Waals surface area (Å²) in [4.78, 5) is 22.0. The maximum absolute atomic E-state index is 12.5. The van der Waals surface area contributed by atoms with Gasteiger partial charge in [0, 0.05) is 6.54 Å². The molecule has 0 spiro atoms. The van der Waals surface area contributed by atoms with Crippen molar-refractivity contribution in [2.24, 2.45) is 0 Å². The van der Waals surface area contributed by atoms with Gasteiger partial charge in [-0.2, -0.15) is 10.1 Å². The summed E-state index contributed by atoms with van der Waals surface area (Å²) in [6.07, 6.45) is 1.56. The van der Waals surface area contributed by atoms with E-state index in [0.29, 0.717) is 23.5 Å². The lowest BCUT2D eigenvalue weighted by Crippen LogP contribution is -2.28. The van der Waals surface area contributed by atoms with E-state index in [-0.39, 0.29) is 17.1 Å². The first kappa shape index (κ1) is 19.9. The molecule has 150 valence electrons. The Balaban J connectivity index is 1.89. The molecule has 0 radical (unpaired) electrons. The van der Waals surface area contributed by atoms with Gasteiger partial charge in [0.05, 0.1) is 24.9 Å². The zero-order valence-corrected chi connectivity index (χ0v) is 17.3. The summed E-state index contributed by atoms with van der Waals surface area (Å²) in [5, 5.41) is 8.10. The molecule has 8 nitrogen and oxygen atoms in total. The maximum atomic E-state index is 12.5. The number of aromatic amines is 1. The highest BCUT2D eigenvalue weighted by Crippen LogP contribution is 2.23. The number of ether oxygens (including phenoxy) is 1. The summed E-state index contributed by atoms with van der Waals surface area (Å²) in [7, 11) is 5.68. The Bertz CT molecular complexity index is 1020. The van der Waals surface area contributed by atoms with Gasteiger partial charge >= 0.3 is 0 Å². The monoisotopic (exact) mass is 384 g/mol. The second-order valence-corrected chi connectivity index (χ2v) is 8.02. The van der Waals surface area contributed by atoms with Gasteiger partial charge in [-0.25, -0.2) is 4.68 Å². The van der Waals surface area contributed by atoms with Crippen molar-refractivity contribution in [3.63, 3.8) is 0 Å². The normalized spacial score (nSPS) is 13.1. The Kier molecular flexibility index (Phi) is 5.42. The van der Waals surface area contributed by atoms with Crippen LogP contribution in [0.5, 0.6) is 5.75 Å². The Morgan fingerprint density at radius 2 is 2.07 bits per heavy atom. The van der Waals surface area contributed by atoms with Crippen molar-refractivity contribution in [2.45, 2.75) is 32.4 Å². The fourth-order valence-electron chi connectivity index (χ4n) is 3.13. The molecule has 3 aromatic rings. The van der Waals surface area contributed by atoms with E-state index >= 15 is 0 Å². The molecule has 1 atom stereocenters. The Morgan fingerprint density at radius 1 is 1.32 bits per heavy atom. The first-order valence-electron chi connectivity index (χ1n) is 9.23. The molecule has 2 N–H and O–H groups in total. The van der Waals surface area contributed by atoms with Crippen molar-refractivity contribution in [1.29, 1.82) is 0 Å². The lowest BCUT2D eigenvalue weighted by molar-refractivity contribution is 0.310. The first-order chi connectivity index (χ1) is 13.2. The van der Waals surface area contributed by atoms with Crippen molar-refractivity contribution in [3.05, 3.63) is 46.4 Å². The molecule has 0 saturated heterocycles. The van der Waals surface area contributed by atoms with E-state index in [1.54, 1.807) is 18.0 Å². The largest absolute Gasteiger partial charge is 0.497 e. The smallest absolute Gasteiger partial charge is 0.263 e. The van der Waals surface area contributed by atoms with Crippen LogP contribution >= 0.6 is 0 Å². The molecule has 0 aliphatic carbocycles. The van der Waals surface area contributed by atoms with E-state index in [1.807, 2.05) is 53.1 Å². The predicted octanol–water partition coefficient (Wildman–Crippen LogP) is 2.60. The maximum Gasteiger partial charge on any atom is 0.263 e. The molecule has 0 fully saturated rings. The number of methoxy groups -OCH3 is 1. The third-order valence-electron chi connectivity index (χ3n) is 4.64. The zero-order chi connectivity index (χ0) is 20.5. The highest BCUT2D eigenvalue weighted by molar-refractivity contribution is 5.74. The van der Waals surface area contributed by atoms with E-state index in [1.165, 1.54) is 0 Å². The van der Waals surface area contributed by atoms with Crippen molar-refractivity contribution in [2.75, 3.05) is 33.1 Å². The van der Waals surface area contributed by atoms with E-state index in [0.717, 1.165) is 11.3 Å². The Hall–Kier alpha value is -2.87. The summed E-state index contributed by atoms with van der Waals surface area (Å²) in [6.45, 7) is 6.65. The van der Waals surface area contributed by atoms with Gasteiger partial charge in [0.1, 0.15) is 11.1 Å². The molecule has 8 heteroatoms. The molecule has 2 aromatic heterocycles. The molecule has 0 unspecified atom stereocenters. The number of hydrogen-bond donors (Lipinski definition) is 2. The average Bonchev–Trinajstić information content (AvgIpc) is 3.07. The van der Waals surface area contributed by atoms with Crippen LogP contribution in [0.2, 0.25) is 0 Å². The number of likely N-dealkylation sites (N-methyl/N-ethyl adjacent to an activating group) is 1. The predicted molar refractivity (Wildman–Crippen MR) is 111 cm³/mol. The van der Waals surface area contributed by atoms with Crippen LogP contribution in [0.15, 0.2) is 35.3 Å². The number of nitrogens with zero attached hydrogens (tertiary/aromatic N) is 4. The fraction of sp³-hybridized carbons (Fsp3) is 0.450. The van der Waals surface area contributed by atoms with Crippen molar-refractivity contribution in [1.82, 2.24) is 24.6 Å². The molecule has 0 saturated carbocycles. The Labute approximate surface area is 164 Å². The molecular formula is C20H28N6O2.